The van der Waals surface area contributed by atoms with Gasteiger partial charge >= 0.3 is 17.9 Å². The Kier molecular flexibility index (Phi) is 7.38. The van der Waals surface area contributed by atoms with Gasteiger partial charge < -0.3 is 28.8 Å². The van der Waals surface area contributed by atoms with Crippen LogP contribution in [-0.4, -0.2) is 60.3 Å². The van der Waals surface area contributed by atoms with E-state index in [9.17, 15) is 19.5 Å². The molecule has 4 bridgehead atoms. The molecule has 3 aliphatic heterocycles. The number of esters is 3. The van der Waals surface area contributed by atoms with E-state index in [0.717, 1.165) is 5.57 Å². The summed E-state index contributed by atoms with van der Waals surface area (Å²) in [4.78, 5) is 37.1. The third-order valence-electron chi connectivity index (χ3n) is 6.10. The molecular weight excluding hydrogens is 444 g/mol. The van der Waals surface area contributed by atoms with Gasteiger partial charge in [0.15, 0.2) is 6.10 Å². The van der Waals surface area contributed by atoms with E-state index in [0.29, 0.717) is 6.42 Å². The summed E-state index contributed by atoms with van der Waals surface area (Å²) >= 11 is 0. The van der Waals surface area contributed by atoms with Gasteiger partial charge in [-0.3, -0.25) is 4.79 Å². The number of ether oxygens (including phenoxy) is 5. The lowest BCUT2D eigenvalue weighted by atomic mass is 9.86. The average molecular weight is 477 g/mol. The van der Waals surface area contributed by atoms with Crippen molar-refractivity contribution < 1.29 is 43.2 Å². The van der Waals surface area contributed by atoms with Crippen molar-refractivity contribution in [2.75, 3.05) is 13.7 Å². The molecule has 0 aromatic carbocycles. The topological polar surface area (TPSA) is 118 Å². The Balaban J connectivity index is 2.16. The molecule has 9 heteroatoms. The molecule has 0 spiro atoms. The second kappa shape index (κ2) is 9.76. The fourth-order valence-electron chi connectivity index (χ4n) is 4.55. The Labute approximate surface area is 199 Å². The number of aliphatic hydroxyl groups is 1. The second-order valence-electron chi connectivity index (χ2n) is 9.06. The molecule has 0 unspecified atom stereocenters. The van der Waals surface area contributed by atoms with Crippen LogP contribution in [0.3, 0.4) is 0 Å². The van der Waals surface area contributed by atoms with E-state index in [2.05, 4.69) is 6.58 Å². The lowest BCUT2D eigenvalue weighted by molar-refractivity contribution is -0.190. The summed E-state index contributed by atoms with van der Waals surface area (Å²) in [7, 11) is 1.27. The second-order valence-corrected chi connectivity index (χ2v) is 9.06. The Hall–Kier alpha value is -2.91. The van der Waals surface area contributed by atoms with Crippen LogP contribution in [0, 0.1) is 5.92 Å². The highest BCUT2D eigenvalue weighted by molar-refractivity contribution is 5.93. The molecular formula is C25H32O9. The number of hydrogen-bond acceptors (Lipinski definition) is 9. The molecule has 0 aromatic heterocycles. The summed E-state index contributed by atoms with van der Waals surface area (Å²) in [5, 5.41) is 11.1. The van der Waals surface area contributed by atoms with Crippen molar-refractivity contribution >= 4 is 17.9 Å². The van der Waals surface area contributed by atoms with E-state index >= 15 is 0 Å². The third-order valence-corrected chi connectivity index (χ3v) is 6.10. The van der Waals surface area contributed by atoms with Crippen LogP contribution in [-0.2, 0) is 38.1 Å². The van der Waals surface area contributed by atoms with Crippen LogP contribution in [0.1, 0.15) is 47.0 Å². The Morgan fingerprint density at radius 2 is 2.00 bits per heavy atom. The van der Waals surface area contributed by atoms with Crippen LogP contribution < -0.4 is 0 Å². The summed E-state index contributed by atoms with van der Waals surface area (Å²) in [5.74, 6) is -3.33. The average Bonchev–Trinajstić information content (AvgIpc) is 3.20. The van der Waals surface area contributed by atoms with E-state index in [1.54, 1.807) is 13.0 Å². The number of allylic oxidation sites excluding steroid dienone is 3. The van der Waals surface area contributed by atoms with Crippen molar-refractivity contribution in [2.45, 2.75) is 70.6 Å². The zero-order valence-corrected chi connectivity index (χ0v) is 20.2. The standard InChI is InChI=1S/C25H32O9/c1-7-31-25-11-16(14(2)3)8-9-18-21(32-15(4)26)20(33-22(18)27)13-24(5,29)12-17(34-25)10-19(25)23(28)30-6/h9-10,12,16,20-21,29H,2,7-8,11,13H2,1,3-6H3/b17-12-,18-9+/t16-,20+,21-,24-,25+/m0/s1. The van der Waals surface area contributed by atoms with Gasteiger partial charge in [-0.15, -0.1) is 0 Å². The van der Waals surface area contributed by atoms with Gasteiger partial charge in [0.2, 0.25) is 5.79 Å². The van der Waals surface area contributed by atoms with E-state index in [1.165, 1.54) is 33.1 Å². The molecule has 3 aliphatic rings. The Bertz CT molecular complexity index is 971. The van der Waals surface area contributed by atoms with Crippen molar-refractivity contribution in [3.63, 3.8) is 0 Å². The van der Waals surface area contributed by atoms with Gasteiger partial charge in [0.05, 0.1) is 18.3 Å². The molecule has 1 saturated heterocycles. The summed E-state index contributed by atoms with van der Waals surface area (Å²) in [5.41, 5.74) is -0.400. The van der Waals surface area contributed by atoms with Gasteiger partial charge in [-0.1, -0.05) is 18.2 Å². The Morgan fingerprint density at radius 1 is 1.29 bits per heavy atom. The maximum Gasteiger partial charge on any atom is 0.340 e. The normalized spacial score (nSPS) is 36.1. The number of carbonyl (C=O) groups excluding carboxylic acids is 3. The lowest BCUT2D eigenvalue weighted by Crippen LogP contribution is -2.40. The zero-order chi connectivity index (χ0) is 25.3. The molecule has 186 valence electrons. The fourth-order valence-corrected chi connectivity index (χ4v) is 4.55. The van der Waals surface area contributed by atoms with E-state index in [1.807, 2.05) is 6.92 Å². The highest BCUT2D eigenvalue weighted by Gasteiger charge is 2.50. The number of fused-ring (bicyclic) bond motifs is 4. The number of rotatable bonds is 5. The number of hydrogen-bond donors (Lipinski definition) is 1. The van der Waals surface area contributed by atoms with Crippen molar-refractivity contribution in [1.82, 2.24) is 0 Å². The molecule has 5 atom stereocenters. The highest BCUT2D eigenvalue weighted by atomic mass is 16.7. The largest absolute Gasteiger partial charge is 0.465 e. The number of carbonyl (C=O) groups is 3. The van der Waals surface area contributed by atoms with Gasteiger partial charge in [-0.25, -0.2) is 9.59 Å². The van der Waals surface area contributed by atoms with Crippen molar-refractivity contribution in [3.05, 3.63) is 47.3 Å². The SMILES string of the molecule is C=C(C)[C@H]1C/C=C2/C(=O)O[C@H](C[C@@](C)(O)/C=C3/C=C(C(=O)OC)[C@@](OCC)(C1)O3)[C@H]2OC(C)=O. The summed E-state index contributed by atoms with van der Waals surface area (Å²) in [6, 6.07) is 0. The summed E-state index contributed by atoms with van der Waals surface area (Å²) in [6.07, 6.45) is 3.15. The molecule has 0 saturated carbocycles. The smallest absolute Gasteiger partial charge is 0.340 e. The molecule has 9 nitrogen and oxygen atoms in total. The first-order valence-corrected chi connectivity index (χ1v) is 11.2. The molecule has 0 aromatic rings. The van der Waals surface area contributed by atoms with Crippen molar-refractivity contribution in [2.24, 2.45) is 5.92 Å². The van der Waals surface area contributed by atoms with Crippen molar-refractivity contribution in [3.8, 4) is 0 Å². The zero-order valence-electron chi connectivity index (χ0n) is 20.2. The molecule has 3 rings (SSSR count). The van der Waals surface area contributed by atoms with E-state index in [4.69, 9.17) is 23.7 Å². The first-order chi connectivity index (χ1) is 15.9. The van der Waals surface area contributed by atoms with Crippen LogP contribution in [0.4, 0.5) is 0 Å². The minimum absolute atomic E-state index is 0.0756. The molecule has 34 heavy (non-hydrogen) atoms. The molecule has 1 N–H and O–H groups in total. The van der Waals surface area contributed by atoms with Gasteiger partial charge in [0.1, 0.15) is 17.4 Å². The predicted molar refractivity (Wildman–Crippen MR) is 120 cm³/mol. The van der Waals surface area contributed by atoms with E-state index < -0.39 is 41.5 Å². The van der Waals surface area contributed by atoms with Gasteiger partial charge in [-0.2, -0.15) is 0 Å². The van der Waals surface area contributed by atoms with Gasteiger partial charge in [0.25, 0.3) is 0 Å². The van der Waals surface area contributed by atoms with Crippen LogP contribution in [0.25, 0.3) is 0 Å². The first kappa shape index (κ1) is 25.7. The summed E-state index contributed by atoms with van der Waals surface area (Å²) in [6.45, 7) is 10.7. The molecule has 0 aliphatic carbocycles. The number of methoxy groups -OCH3 is 1. The monoisotopic (exact) mass is 476 g/mol. The van der Waals surface area contributed by atoms with Crippen LogP contribution in [0.15, 0.2) is 47.3 Å². The van der Waals surface area contributed by atoms with E-state index in [-0.39, 0.29) is 42.3 Å². The predicted octanol–water partition coefficient (Wildman–Crippen LogP) is 2.64. The van der Waals surface area contributed by atoms with Crippen LogP contribution in [0.2, 0.25) is 0 Å². The minimum atomic E-state index is -1.55. The maximum atomic E-state index is 12.7. The summed E-state index contributed by atoms with van der Waals surface area (Å²) < 4.78 is 28.1. The maximum absolute atomic E-state index is 12.7. The van der Waals surface area contributed by atoms with Crippen molar-refractivity contribution in [1.29, 1.82) is 0 Å². The highest BCUT2D eigenvalue weighted by Crippen LogP contribution is 2.44. The van der Waals surface area contributed by atoms with Crippen LogP contribution in [0.5, 0.6) is 0 Å². The first-order valence-electron chi connectivity index (χ1n) is 11.2. The third kappa shape index (κ3) is 5.26. The Morgan fingerprint density at radius 3 is 2.59 bits per heavy atom. The van der Waals surface area contributed by atoms with Gasteiger partial charge in [-0.05, 0) is 45.3 Å². The quantitative estimate of drug-likeness (QED) is 0.363. The fraction of sp³-hybridized carbons (Fsp3) is 0.560. The molecule has 0 radical (unpaired) electrons. The molecule has 3 heterocycles. The lowest BCUT2D eigenvalue weighted by Gasteiger charge is -2.34. The molecule has 1 fully saturated rings. The molecule has 0 amide bonds. The van der Waals surface area contributed by atoms with Crippen LogP contribution >= 0.6 is 0 Å². The van der Waals surface area contributed by atoms with Gasteiger partial charge in [0, 0.05) is 26.4 Å². The minimum Gasteiger partial charge on any atom is -0.465 e.